The lowest BCUT2D eigenvalue weighted by molar-refractivity contribution is -0.124. The summed E-state index contributed by atoms with van der Waals surface area (Å²) < 4.78 is 12.5. The molecule has 3 heterocycles. The van der Waals surface area contributed by atoms with Crippen LogP contribution in [0.15, 0.2) is 53.4 Å². The van der Waals surface area contributed by atoms with Gasteiger partial charge >= 0.3 is 0 Å². The fourth-order valence-electron chi connectivity index (χ4n) is 3.16. The molecule has 9 nitrogen and oxygen atoms in total. The van der Waals surface area contributed by atoms with Gasteiger partial charge in [-0.05, 0) is 29.8 Å². The number of rotatable bonds is 5. The second kappa shape index (κ2) is 7.78. The van der Waals surface area contributed by atoms with E-state index in [1.54, 1.807) is 25.6 Å². The summed E-state index contributed by atoms with van der Waals surface area (Å²) in [5, 5.41) is 0. The number of ether oxygens (including phenoxy) is 1. The van der Waals surface area contributed by atoms with Crippen molar-refractivity contribution in [2.24, 2.45) is 0 Å². The number of hydrogen-bond donors (Lipinski definition) is 0. The van der Waals surface area contributed by atoms with Gasteiger partial charge in [-0.15, -0.1) is 0 Å². The maximum atomic E-state index is 12.1. The Labute approximate surface area is 171 Å². The zero-order chi connectivity index (χ0) is 21.3. The Balaban J connectivity index is 1.86. The molecule has 0 atom stereocenters. The van der Waals surface area contributed by atoms with E-state index in [2.05, 4.69) is 15.0 Å². The molecule has 0 aliphatic heterocycles. The van der Waals surface area contributed by atoms with Crippen LogP contribution < -0.4 is 9.64 Å². The number of anilines is 1. The van der Waals surface area contributed by atoms with Crippen LogP contribution in [-0.4, -0.2) is 38.4 Å². The third-order valence-electron chi connectivity index (χ3n) is 4.55. The number of imide groups is 1. The van der Waals surface area contributed by atoms with Gasteiger partial charge in [-0.25, -0.2) is 14.9 Å². The van der Waals surface area contributed by atoms with Gasteiger partial charge in [0.1, 0.15) is 17.0 Å². The summed E-state index contributed by atoms with van der Waals surface area (Å²) in [5.74, 6) is 0.246. The molecule has 1 aromatic carbocycles. The zero-order valence-electron chi connectivity index (χ0n) is 16.7. The normalized spacial score (nSPS) is 10.9. The fourth-order valence-corrected chi connectivity index (χ4v) is 3.16. The van der Waals surface area contributed by atoms with Crippen LogP contribution in [0.5, 0.6) is 5.75 Å². The number of nitrogens with zero attached hydrogens (tertiary/aromatic N) is 5. The van der Waals surface area contributed by atoms with E-state index in [0.29, 0.717) is 29.2 Å². The minimum atomic E-state index is -0.478. The molecule has 0 bridgehead atoms. The average molecular weight is 405 g/mol. The van der Waals surface area contributed by atoms with Crippen molar-refractivity contribution in [3.63, 3.8) is 0 Å². The van der Waals surface area contributed by atoms with Crippen LogP contribution in [0.2, 0.25) is 0 Å². The van der Waals surface area contributed by atoms with Crippen LogP contribution in [0.4, 0.5) is 5.95 Å². The van der Waals surface area contributed by atoms with Crippen LogP contribution in [0, 0.1) is 0 Å². The summed E-state index contributed by atoms with van der Waals surface area (Å²) in [6, 6.07) is 11.1. The average Bonchev–Trinajstić information content (AvgIpc) is 3.38. The van der Waals surface area contributed by atoms with Gasteiger partial charge in [0.25, 0.3) is 0 Å². The van der Waals surface area contributed by atoms with Crippen molar-refractivity contribution in [3.8, 4) is 17.2 Å². The van der Waals surface area contributed by atoms with Gasteiger partial charge in [0, 0.05) is 13.8 Å². The molecule has 9 heteroatoms. The van der Waals surface area contributed by atoms with Gasteiger partial charge in [-0.2, -0.15) is 4.98 Å². The molecule has 0 aliphatic rings. The van der Waals surface area contributed by atoms with Crippen LogP contribution in [0.1, 0.15) is 19.4 Å². The third kappa shape index (κ3) is 3.52. The van der Waals surface area contributed by atoms with Crippen LogP contribution >= 0.6 is 0 Å². The van der Waals surface area contributed by atoms with E-state index in [9.17, 15) is 9.59 Å². The van der Waals surface area contributed by atoms with Gasteiger partial charge in [-0.3, -0.25) is 9.59 Å². The quantitative estimate of drug-likeness (QED) is 0.503. The molecule has 152 valence electrons. The highest BCUT2D eigenvalue weighted by Crippen LogP contribution is 2.28. The molecule has 0 unspecified atom stereocenters. The Hall–Kier alpha value is -4.01. The second-order valence-corrected chi connectivity index (χ2v) is 6.62. The Morgan fingerprint density at radius 3 is 2.43 bits per heavy atom. The number of hydrogen-bond acceptors (Lipinski definition) is 7. The van der Waals surface area contributed by atoms with E-state index in [4.69, 9.17) is 9.15 Å². The monoisotopic (exact) mass is 405 g/mol. The van der Waals surface area contributed by atoms with Crippen molar-refractivity contribution in [2.75, 3.05) is 12.0 Å². The van der Waals surface area contributed by atoms with Crippen LogP contribution in [0.25, 0.3) is 22.6 Å². The molecule has 0 radical (unpaired) electrons. The van der Waals surface area contributed by atoms with E-state index in [-0.39, 0.29) is 5.95 Å². The number of methoxy groups -OCH3 is 1. The maximum absolute atomic E-state index is 12.1. The third-order valence-corrected chi connectivity index (χ3v) is 4.55. The molecule has 4 aromatic rings. The Kier molecular flexibility index (Phi) is 5.01. The molecular weight excluding hydrogens is 386 g/mol. The maximum Gasteiger partial charge on any atom is 0.241 e. The highest BCUT2D eigenvalue weighted by molar-refractivity contribution is 6.12. The summed E-state index contributed by atoms with van der Waals surface area (Å²) >= 11 is 0. The minimum Gasteiger partial charge on any atom is -0.497 e. The lowest BCUT2D eigenvalue weighted by Gasteiger charge is -2.16. The highest BCUT2D eigenvalue weighted by Gasteiger charge is 2.24. The molecule has 0 saturated heterocycles. The first kappa shape index (κ1) is 19.3. The number of carbonyl (C=O) groups is 2. The number of carbonyl (C=O) groups excluding carboxylic acids is 2. The first-order valence-corrected chi connectivity index (χ1v) is 9.19. The summed E-state index contributed by atoms with van der Waals surface area (Å²) in [6.45, 7) is 3.06. The smallest absolute Gasteiger partial charge is 0.241 e. The van der Waals surface area contributed by atoms with Crippen molar-refractivity contribution in [1.29, 1.82) is 0 Å². The molecule has 0 fully saturated rings. The lowest BCUT2D eigenvalue weighted by atomic mass is 10.2. The topological polar surface area (TPSA) is 103 Å². The Bertz CT molecular complexity index is 1200. The highest BCUT2D eigenvalue weighted by atomic mass is 16.5. The summed E-state index contributed by atoms with van der Waals surface area (Å²) in [5.41, 5.74) is 2.40. The molecule has 3 aromatic heterocycles. The first-order valence-electron chi connectivity index (χ1n) is 9.19. The van der Waals surface area contributed by atoms with E-state index in [0.717, 1.165) is 16.2 Å². The number of aromatic nitrogens is 4. The predicted octanol–water partition coefficient (Wildman–Crippen LogP) is 3.04. The van der Waals surface area contributed by atoms with Gasteiger partial charge in [0.2, 0.25) is 17.8 Å². The molecule has 0 spiro atoms. The Morgan fingerprint density at radius 1 is 1.10 bits per heavy atom. The van der Waals surface area contributed by atoms with E-state index in [1.807, 2.05) is 28.8 Å². The SMILES string of the molecule is COc1ccc(Cn2cnc3c(-c4ccco4)nc(N(C(C)=O)C(C)=O)nc32)cc1. The number of imidazole rings is 1. The van der Waals surface area contributed by atoms with E-state index < -0.39 is 11.8 Å². The predicted molar refractivity (Wildman–Crippen MR) is 109 cm³/mol. The molecule has 0 saturated carbocycles. The Morgan fingerprint density at radius 2 is 1.83 bits per heavy atom. The molecule has 30 heavy (non-hydrogen) atoms. The van der Waals surface area contributed by atoms with E-state index >= 15 is 0 Å². The van der Waals surface area contributed by atoms with Crippen LogP contribution in [0.3, 0.4) is 0 Å². The van der Waals surface area contributed by atoms with E-state index in [1.165, 1.54) is 20.1 Å². The summed E-state index contributed by atoms with van der Waals surface area (Å²) in [7, 11) is 1.61. The standard InChI is InChI=1S/C21H19N5O4/c1-13(27)26(14(2)28)21-23-18(17-5-4-10-30-17)19-20(24-21)25(12-22-19)11-15-6-8-16(29-3)9-7-15/h4-10,12H,11H2,1-3H3. The van der Waals surface area contributed by atoms with Gasteiger partial charge < -0.3 is 13.7 Å². The zero-order valence-corrected chi connectivity index (χ0v) is 16.7. The molecule has 0 N–H and O–H groups in total. The fraction of sp³-hybridized carbons (Fsp3) is 0.190. The largest absolute Gasteiger partial charge is 0.497 e. The number of furan rings is 1. The van der Waals surface area contributed by atoms with Crippen molar-refractivity contribution in [3.05, 3.63) is 54.6 Å². The summed E-state index contributed by atoms with van der Waals surface area (Å²) in [4.78, 5) is 38.4. The first-order chi connectivity index (χ1) is 14.5. The van der Waals surface area contributed by atoms with Gasteiger partial charge in [0.05, 0.1) is 26.2 Å². The number of fused-ring (bicyclic) bond motifs is 1. The van der Waals surface area contributed by atoms with Gasteiger partial charge in [-0.1, -0.05) is 12.1 Å². The molecule has 0 aliphatic carbocycles. The number of amides is 2. The lowest BCUT2D eigenvalue weighted by Crippen LogP contribution is -2.34. The molecule has 4 rings (SSSR count). The van der Waals surface area contributed by atoms with Crippen LogP contribution in [-0.2, 0) is 16.1 Å². The molecule has 2 amide bonds. The van der Waals surface area contributed by atoms with Crippen molar-refractivity contribution >= 4 is 28.9 Å². The van der Waals surface area contributed by atoms with Crippen molar-refractivity contribution < 1.29 is 18.7 Å². The second-order valence-electron chi connectivity index (χ2n) is 6.62. The summed E-state index contributed by atoms with van der Waals surface area (Å²) in [6.07, 6.45) is 3.16. The number of benzene rings is 1. The molecular formula is C21H19N5O4. The minimum absolute atomic E-state index is 0.0228. The van der Waals surface area contributed by atoms with Crippen molar-refractivity contribution in [1.82, 2.24) is 19.5 Å². The van der Waals surface area contributed by atoms with Crippen molar-refractivity contribution in [2.45, 2.75) is 20.4 Å². The van der Waals surface area contributed by atoms with Gasteiger partial charge in [0.15, 0.2) is 11.4 Å².